The van der Waals surface area contributed by atoms with Crippen LogP contribution < -0.4 is 0 Å². The van der Waals surface area contributed by atoms with Crippen molar-refractivity contribution in [1.82, 2.24) is 0 Å². The lowest BCUT2D eigenvalue weighted by Crippen LogP contribution is -2.53. The van der Waals surface area contributed by atoms with Crippen LogP contribution in [-0.4, -0.2) is 30.2 Å². The Morgan fingerprint density at radius 2 is 1.67 bits per heavy atom. The van der Waals surface area contributed by atoms with Crippen LogP contribution in [0.15, 0.2) is 0 Å². The summed E-state index contributed by atoms with van der Waals surface area (Å²) < 4.78 is 11.0. The lowest BCUT2D eigenvalue weighted by Gasteiger charge is -2.42. The van der Waals surface area contributed by atoms with E-state index in [-0.39, 0.29) is 5.92 Å². The Bertz CT molecular complexity index is 127. The Morgan fingerprint density at radius 3 is 1.92 bits per heavy atom. The number of hydrogen-bond donors (Lipinski definition) is 1. The number of hydrogen-bond acceptors (Lipinski definition) is 3. The van der Waals surface area contributed by atoms with Gasteiger partial charge in [-0.05, 0) is 13.3 Å². The molecule has 0 spiro atoms. The molecule has 0 aliphatic carbocycles. The zero-order chi connectivity index (χ0) is 9.19. The SMILES string of the molecule is CC(C)C1(C(C)O)OCCCO1. The third-order valence-corrected chi connectivity index (χ3v) is 2.33. The minimum atomic E-state index is -0.766. The van der Waals surface area contributed by atoms with Gasteiger partial charge in [-0.25, -0.2) is 0 Å². The molecule has 1 aliphatic rings. The largest absolute Gasteiger partial charge is 0.388 e. The lowest BCUT2D eigenvalue weighted by atomic mass is 9.97. The summed E-state index contributed by atoms with van der Waals surface area (Å²) in [6, 6.07) is 0. The normalized spacial score (nSPS) is 25.8. The number of rotatable bonds is 2. The quantitative estimate of drug-likeness (QED) is 0.682. The second kappa shape index (κ2) is 3.73. The molecule has 0 radical (unpaired) electrons. The van der Waals surface area contributed by atoms with E-state index in [1.54, 1.807) is 6.92 Å². The molecule has 0 amide bonds. The fourth-order valence-electron chi connectivity index (χ4n) is 1.62. The first-order valence-corrected chi connectivity index (χ1v) is 4.55. The maximum atomic E-state index is 9.55. The van der Waals surface area contributed by atoms with Gasteiger partial charge in [0.2, 0.25) is 0 Å². The highest BCUT2D eigenvalue weighted by Crippen LogP contribution is 2.30. The standard InChI is InChI=1S/C9H18O3/c1-7(2)9(8(3)10)11-5-4-6-12-9/h7-8,10H,4-6H2,1-3H3. The summed E-state index contributed by atoms with van der Waals surface area (Å²) in [5.41, 5.74) is 0. The summed E-state index contributed by atoms with van der Waals surface area (Å²) in [5.74, 6) is -0.587. The predicted octanol–water partition coefficient (Wildman–Crippen LogP) is 1.16. The molecule has 0 bridgehead atoms. The van der Waals surface area contributed by atoms with E-state index in [1.165, 1.54) is 0 Å². The smallest absolute Gasteiger partial charge is 0.196 e. The highest BCUT2D eigenvalue weighted by Gasteiger charge is 2.42. The van der Waals surface area contributed by atoms with Crippen molar-refractivity contribution in [3.05, 3.63) is 0 Å². The molecule has 1 atom stereocenters. The zero-order valence-electron chi connectivity index (χ0n) is 8.04. The maximum absolute atomic E-state index is 9.55. The first kappa shape index (κ1) is 9.96. The van der Waals surface area contributed by atoms with Crippen LogP contribution in [0.1, 0.15) is 27.2 Å². The topological polar surface area (TPSA) is 38.7 Å². The van der Waals surface area contributed by atoms with Crippen molar-refractivity contribution in [1.29, 1.82) is 0 Å². The van der Waals surface area contributed by atoms with Crippen LogP contribution in [-0.2, 0) is 9.47 Å². The average molecular weight is 174 g/mol. The van der Waals surface area contributed by atoms with E-state index in [0.717, 1.165) is 6.42 Å². The Hall–Kier alpha value is -0.120. The second-order valence-corrected chi connectivity index (χ2v) is 3.60. The number of aliphatic hydroxyl groups excluding tert-OH is 1. The van der Waals surface area contributed by atoms with E-state index >= 15 is 0 Å². The molecule has 1 N–H and O–H groups in total. The molecule has 0 aromatic heterocycles. The van der Waals surface area contributed by atoms with Gasteiger partial charge in [-0.2, -0.15) is 0 Å². The van der Waals surface area contributed by atoms with E-state index in [1.807, 2.05) is 13.8 Å². The average Bonchev–Trinajstić information content (AvgIpc) is 2.05. The summed E-state index contributed by atoms with van der Waals surface area (Å²) in [7, 11) is 0. The van der Waals surface area contributed by atoms with Crippen LogP contribution in [0.5, 0.6) is 0 Å². The Morgan fingerprint density at radius 1 is 1.17 bits per heavy atom. The van der Waals surface area contributed by atoms with Gasteiger partial charge >= 0.3 is 0 Å². The van der Waals surface area contributed by atoms with Gasteiger partial charge < -0.3 is 14.6 Å². The molecular weight excluding hydrogens is 156 g/mol. The summed E-state index contributed by atoms with van der Waals surface area (Å²) >= 11 is 0. The first-order chi connectivity index (χ1) is 5.59. The van der Waals surface area contributed by atoms with Crippen molar-refractivity contribution < 1.29 is 14.6 Å². The van der Waals surface area contributed by atoms with Crippen LogP contribution in [0.2, 0.25) is 0 Å². The van der Waals surface area contributed by atoms with Crippen LogP contribution in [0.3, 0.4) is 0 Å². The fourth-order valence-corrected chi connectivity index (χ4v) is 1.62. The molecule has 1 heterocycles. The second-order valence-electron chi connectivity index (χ2n) is 3.60. The summed E-state index contributed by atoms with van der Waals surface area (Å²) in [5, 5.41) is 9.55. The van der Waals surface area contributed by atoms with Crippen molar-refractivity contribution in [3.8, 4) is 0 Å². The fraction of sp³-hybridized carbons (Fsp3) is 1.00. The molecular formula is C9H18O3. The van der Waals surface area contributed by atoms with Crippen molar-refractivity contribution in [3.63, 3.8) is 0 Å². The summed E-state index contributed by atoms with van der Waals surface area (Å²) in [6.07, 6.45) is 0.346. The van der Waals surface area contributed by atoms with Crippen molar-refractivity contribution >= 4 is 0 Å². The maximum Gasteiger partial charge on any atom is 0.196 e. The van der Waals surface area contributed by atoms with Gasteiger partial charge in [-0.15, -0.1) is 0 Å². The van der Waals surface area contributed by atoms with E-state index in [9.17, 15) is 5.11 Å². The van der Waals surface area contributed by atoms with Crippen molar-refractivity contribution in [2.45, 2.75) is 39.1 Å². The Kier molecular flexibility index (Phi) is 3.09. The summed E-state index contributed by atoms with van der Waals surface area (Å²) in [4.78, 5) is 0. The monoisotopic (exact) mass is 174 g/mol. The minimum Gasteiger partial charge on any atom is -0.388 e. The molecule has 1 fully saturated rings. The molecule has 72 valence electrons. The van der Waals surface area contributed by atoms with Crippen LogP contribution >= 0.6 is 0 Å². The Balaban J connectivity index is 2.70. The highest BCUT2D eigenvalue weighted by molar-refractivity contribution is 4.81. The third-order valence-electron chi connectivity index (χ3n) is 2.33. The van der Waals surface area contributed by atoms with E-state index in [0.29, 0.717) is 13.2 Å². The van der Waals surface area contributed by atoms with Gasteiger partial charge in [0.05, 0.1) is 13.2 Å². The minimum absolute atomic E-state index is 0.179. The van der Waals surface area contributed by atoms with E-state index in [2.05, 4.69) is 0 Å². The van der Waals surface area contributed by atoms with Crippen LogP contribution in [0.4, 0.5) is 0 Å². The first-order valence-electron chi connectivity index (χ1n) is 4.55. The molecule has 1 rings (SSSR count). The lowest BCUT2D eigenvalue weighted by molar-refractivity contribution is -0.324. The van der Waals surface area contributed by atoms with Crippen LogP contribution in [0.25, 0.3) is 0 Å². The van der Waals surface area contributed by atoms with E-state index in [4.69, 9.17) is 9.47 Å². The Labute approximate surface area is 73.7 Å². The van der Waals surface area contributed by atoms with E-state index < -0.39 is 11.9 Å². The summed E-state index contributed by atoms with van der Waals surface area (Å²) in [6.45, 7) is 7.08. The molecule has 1 unspecified atom stereocenters. The third kappa shape index (κ3) is 1.63. The van der Waals surface area contributed by atoms with Crippen molar-refractivity contribution in [2.24, 2.45) is 5.92 Å². The van der Waals surface area contributed by atoms with Gasteiger partial charge in [0.25, 0.3) is 0 Å². The molecule has 12 heavy (non-hydrogen) atoms. The predicted molar refractivity (Wildman–Crippen MR) is 45.8 cm³/mol. The van der Waals surface area contributed by atoms with Crippen LogP contribution in [0, 0.1) is 5.92 Å². The van der Waals surface area contributed by atoms with Gasteiger partial charge in [0.1, 0.15) is 6.10 Å². The van der Waals surface area contributed by atoms with Crippen molar-refractivity contribution in [2.75, 3.05) is 13.2 Å². The molecule has 0 aromatic rings. The number of ether oxygens (including phenoxy) is 2. The molecule has 3 nitrogen and oxygen atoms in total. The molecule has 0 saturated carbocycles. The van der Waals surface area contributed by atoms with Gasteiger partial charge in [-0.3, -0.25) is 0 Å². The van der Waals surface area contributed by atoms with Gasteiger partial charge in [0, 0.05) is 5.92 Å². The number of aliphatic hydroxyl groups is 1. The molecule has 3 heteroatoms. The van der Waals surface area contributed by atoms with Gasteiger partial charge in [-0.1, -0.05) is 13.8 Å². The molecule has 1 saturated heterocycles. The highest BCUT2D eigenvalue weighted by atomic mass is 16.7. The molecule has 1 aliphatic heterocycles. The zero-order valence-corrected chi connectivity index (χ0v) is 8.04. The molecule has 0 aromatic carbocycles. The van der Waals surface area contributed by atoms with Gasteiger partial charge in [0.15, 0.2) is 5.79 Å².